The Morgan fingerprint density at radius 3 is 2.54 bits per heavy atom. The number of morpholine rings is 1. The molecule has 1 saturated heterocycles. The Morgan fingerprint density at radius 2 is 1.77 bits per heavy atom. The monoisotopic (exact) mass is 414 g/mol. The molecule has 26 heavy (non-hydrogen) atoms. The summed E-state index contributed by atoms with van der Waals surface area (Å²) < 4.78 is 10.8. The molecule has 5 nitrogen and oxygen atoms in total. The van der Waals surface area contributed by atoms with E-state index in [1.807, 2.05) is 24.3 Å². The van der Waals surface area contributed by atoms with Crippen LogP contribution in [0.4, 0.5) is 11.4 Å². The van der Waals surface area contributed by atoms with Gasteiger partial charge >= 0.3 is 0 Å². The Labute approximate surface area is 166 Å². The van der Waals surface area contributed by atoms with E-state index < -0.39 is 0 Å². The minimum atomic E-state index is -0.298. The number of para-hydroxylation sites is 2. The van der Waals surface area contributed by atoms with Gasteiger partial charge in [-0.1, -0.05) is 46.9 Å². The fourth-order valence-electron chi connectivity index (χ4n) is 2.60. The normalized spacial score (nSPS) is 14.2. The van der Waals surface area contributed by atoms with Crippen LogP contribution in [0.15, 0.2) is 36.4 Å². The molecular weight excluding hydrogens is 399 g/mol. The van der Waals surface area contributed by atoms with Gasteiger partial charge in [-0.25, -0.2) is 0 Å². The lowest BCUT2D eigenvalue weighted by Gasteiger charge is -2.30. The quantitative estimate of drug-likeness (QED) is 0.731. The third-order valence-electron chi connectivity index (χ3n) is 3.86. The molecule has 1 aliphatic heterocycles. The minimum Gasteiger partial charge on any atom is -0.482 e. The minimum absolute atomic E-state index is 0.199. The second-order valence-corrected chi connectivity index (χ2v) is 6.87. The number of hydrogen-bond acceptors (Lipinski definition) is 4. The van der Waals surface area contributed by atoms with Crippen LogP contribution >= 0.6 is 34.8 Å². The predicted molar refractivity (Wildman–Crippen MR) is 105 cm³/mol. The lowest BCUT2D eigenvalue weighted by atomic mass is 10.2. The predicted octanol–water partition coefficient (Wildman–Crippen LogP) is 4.50. The molecule has 0 aliphatic carbocycles. The molecule has 1 fully saturated rings. The van der Waals surface area contributed by atoms with Crippen LogP contribution in [0.3, 0.4) is 0 Å². The zero-order valence-electron chi connectivity index (χ0n) is 13.8. The molecule has 1 N–H and O–H groups in total. The number of hydrogen-bond donors (Lipinski definition) is 1. The molecule has 2 aromatic carbocycles. The summed E-state index contributed by atoms with van der Waals surface area (Å²) in [5.74, 6) is 0.00512. The van der Waals surface area contributed by atoms with Gasteiger partial charge in [0.25, 0.3) is 5.91 Å². The average Bonchev–Trinajstić information content (AvgIpc) is 2.65. The van der Waals surface area contributed by atoms with Crippen LogP contribution in [0.25, 0.3) is 0 Å². The van der Waals surface area contributed by atoms with Crippen LogP contribution in [-0.2, 0) is 9.53 Å². The van der Waals surface area contributed by atoms with Crippen LogP contribution < -0.4 is 15.0 Å². The second kappa shape index (κ2) is 8.82. The Balaban J connectivity index is 1.64. The number of halogens is 3. The zero-order valence-corrected chi connectivity index (χ0v) is 16.1. The molecule has 0 spiro atoms. The first-order valence-corrected chi connectivity index (χ1v) is 9.17. The largest absolute Gasteiger partial charge is 0.482 e. The fourth-order valence-corrected chi connectivity index (χ4v) is 3.20. The van der Waals surface area contributed by atoms with Gasteiger partial charge in [-0.3, -0.25) is 4.79 Å². The molecule has 0 atom stereocenters. The van der Waals surface area contributed by atoms with E-state index in [9.17, 15) is 4.79 Å². The molecule has 0 unspecified atom stereocenters. The number of anilines is 2. The van der Waals surface area contributed by atoms with Crippen LogP contribution in [0.1, 0.15) is 0 Å². The standard InChI is InChI=1S/C18H17Cl3N2O3/c19-12-9-14(21)17(10-13(12)20)26-11-18(24)22-15-3-1-2-4-16(15)23-5-7-25-8-6-23/h1-4,9-10H,5-8,11H2,(H,22,24). The third-order valence-corrected chi connectivity index (χ3v) is 4.88. The van der Waals surface area contributed by atoms with Crippen LogP contribution in [0.5, 0.6) is 5.75 Å². The molecule has 2 aromatic rings. The lowest BCUT2D eigenvalue weighted by molar-refractivity contribution is -0.118. The van der Waals surface area contributed by atoms with Crippen molar-refractivity contribution in [3.63, 3.8) is 0 Å². The third kappa shape index (κ3) is 4.74. The maximum absolute atomic E-state index is 12.3. The summed E-state index contributed by atoms with van der Waals surface area (Å²) in [6.07, 6.45) is 0. The van der Waals surface area contributed by atoms with Crippen molar-refractivity contribution in [2.75, 3.05) is 43.1 Å². The van der Waals surface area contributed by atoms with Gasteiger partial charge in [0.1, 0.15) is 5.75 Å². The summed E-state index contributed by atoms with van der Waals surface area (Å²) >= 11 is 17.9. The SMILES string of the molecule is O=C(COc1cc(Cl)c(Cl)cc1Cl)Nc1ccccc1N1CCOCC1. The van der Waals surface area contributed by atoms with Gasteiger partial charge in [0, 0.05) is 19.2 Å². The summed E-state index contributed by atoms with van der Waals surface area (Å²) in [6.45, 7) is 2.70. The Kier molecular flexibility index (Phi) is 6.48. The van der Waals surface area contributed by atoms with E-state index in [1.54, 1.807) is 0 Å². The van der Waals surface area contributed by atoms with Gasteiger partial charge < -0.3 is 19.7 Å². The van der Waals surface area contributed by atoms with E-state index in [4.69, 9.17) is 44.3 Å². The van der Waals surface area contributed by atoms with Gasteiger partial charge in [0.2, 0.25) is 0 Å². The van der Waals surface area contributed by atoms with E-state index in [2.05, 4.69) is 10.2 Å². The van der Waals surface area contributed by atoms with E-state index in [0.717, 1.165) is 24.5 Å². The number of carbonyl (C=O) groups excluding carboxylic acids is 1. The van der Waals surface area contributed by atoms with E-state index in [1.165, 1.54) is 12.1 Å². The van der Waals surface area contributed by atoms with Gasteiger partial charge in [-0.2, -0.15) is 0 Å². The van der Waals surface area contributed by atoms with Crippen molar-refractivity contribution >= 4 is 52.1 Å². The summed E-state index contributed by atoms with van der Waals surface area (Å²) in [6, 6.07) is 10.6. The number of benzene rings is 2. The number of rotatable bonds is 5. The first-order chi connectivity index (χ1) is 12.5. The van der Waals surface area contributed by atoms with Gasteiger partial charge in [-0.05, 0) is 18.2 Å². The highest BCUT2D eigenvalue weighted by atomic mass is 35.5. The molecule has 138 valence electrons. The van der Waals surface area contributed by atoms with Gasteiger partial charge in [0.05, 0.1) is 39.7 Å². The van der Waals surface area contributed by atoms with E-state index in [-0.39, 0.29) is 12.5 Å². The van der Waals surface area contributed by atoms with Crippen molar-refractivity contribution in [1.29, 1.82) is 0 Å². The van der Waals surface area contributed by atoms with Crippen LogP contribution in [0, 0.1) is 0 Å². The molecule has 0 bridgehead atoms. The number of ether oxygens (including phenoxy) is 2. The van der Waals surface area contributed by atoms with Gasteiger partial charge in [0.15, 0.2) is 6.61 Å². The van der Waals surface area contributed by atoms with Crippen LogP contribution in [-0.4, -0.2) is 38.8 Å². The second-order valence-electron chi connectivity index (χ2n) is 5.65. The molecule has 0 saturated carbocycles. The Bertz CT molecular complexity index is 795. The maximum atomic E-state index is 12.3. The first-order valence-electron chi connectivity index (χ1n) is 8.03. The molecular formula is C18H17Cl3N2O3. The smallest absolute Gasteiger partial charge is 0.262 e. The number of amides is 1. The highest BCUT2D eigenvalue weighted by molar-refractivity contribution is 6.43. The topological polar surface area (TPSA) is 50.8 Å². The average molecular weight is 416 g/mol. The van der Waals surface area contributed by atoms with Crippen LogP contribution in [0.2, 0.25) is 15.1 Å². The first kappa shape index (κ1) is 19.1. The fraction of sp³-hybridized carbons (Fsp3) is 0.278. The summed E-state index contributed by atoms with van der Waals surface area (Å²) in [5.41, 5.74) is 1.68. The highest BCUT2D eigenvalue weighted by Gasteiger charge is 2.16. The highest BCUT2D eigenvalue weighted by Crippen LogP contribution is 2.34. The summed E-state index contributed by atoms with van der Waals surface area (Å²) in [4.78, 5) is 14.5. The Morgan fingerprint density at radius 1 is 1.08 bits per heavy atom. The molecule has 1 heterocycles. The number of nitrogens with one attached hydrogen (secondary N) is 1. The van der Waals surface area contributed by atoms with Gasteiger partial charge in [-0.15, -0.1) is 0 Å². The molecule has 8 heteroatoms. The van der Waals surface area contributed by atoms with Crippen molar-refractivity contribution < 1.29 is 14.3 Å². The molecule has 0 aromatic heterocycles. The zero-order chi connectivity index (χ0) is 18.5. The summed E-state index contributed by atoms with van der Waals surface area (Å²) in [7, 11) is 0. The van der Waals surface area contributed by atoms with Crippen molar-refractivity contribution in [2.45, 2.75) is 0 Å². The van der Waals surface area contributed by atoms with Crippen molar-refractivity contribution in [2.24, 2.45) is 0 Å². The lowest BCUT2D eigenvalue weighted by Crippen LogP contribution is -2.37. The molecule has 3 rings (SSSR count). The van der Waals surface area contributed by atoms with E-state index >= 15 is 0 Å². The van der Waals surface area contributed by atoms with Crippen molar-refractivity contribution in [3.05, 3.63) is 51.5 Å². The molecule has 1 aliphatic rings. The molecule has 0 radical (unpaired) electrons. The number of carbonyl (C=O) groups is 1. The number of nitrogens with zero attached hydrogens (tertiary/aromatic N) is 1. The van der Waals surface area contributed by atoms with Crippen molar-refractivity contribution in [1.82, 2.24) is 0 Å². The Hall–Kier alpha value is -1.66. The molecule has 1 amide bonds. The summed E-state index contributed by atoms with van der Waals surface area (Å²) in [5, 5.41) is 3.80. The van der Waals surface area contributed by atoms with Crippen molar-refractivity contribution in [3.8, 4) is 5.75 Å². The van der Waals surface area contributed by atoms with E-state index in [0.29, 0.717) is 34.0 Å². The maximum Gasteiger partial charge on any atom is 0.262 e.